The van der Waals surface area contributed by atoms with E-state index in [2.05, 4.69) is 10.1 Å². The number of ether oxygens (including phenoxy) is 2. The van der Waals surface area contributed by atoms with Gasteiger partial charge in [0.15, 0.2) is 9.84 Å². The summed E-state index contributed by atoms with van der Waals surface area (Å²) in [5.41, 5.74) is 0.0989. The maximum absolute atomic E-state index is 13.4. The standard InChI is InChI=1S/C26H33NO7S/c1-25(2,24(30)33-5)27-23(29)26(3,4)35(31,32)18-21(16-19-12-8-6-9-13-19)22(28)34-17-20-14-10-7-11-15-20/h6-15,21H,16-18H2,1-5H3,(H,27,29). The van der Waals surface area contributed by atoms with Gasteiger partial charge in [0.25, 0.3) is 0 Å². The van der Waals surface area contributed by atoms with Crippen LogP contribution in [0.25, 0.3) is 0 Å². The molecule has 0 radical (unpaired) electrons. The molecule has 0 aliphatic carbocycles. The third-order valence-electron chi connectivity index (χ3n) is 5.75. The Kier molecular flexibility index (Phi) is 9.20. The van der Waals surface area contributed by atoms with Gasteiger partial charge in [-0.25, -0.2) is 13.2 Å². The summed E-state index contributed by atoms with van der Waals surface area (Å²) >= 11 is 0. The van der Waals surface area contributed by atoms with E-state index in [1.807, 2.05) is 24.3 Å². The van der Waals surface area contributed by atoms with Gasteiger partial charge in [-0.3, -0.25) is 9.59 Å². The molecule has 0 aliphatic heterocycles. The van der Waals surface area contributed by atoms with E-state index in [1.165, 1.54) is 34.8 Å². The second-order valence-corrected chi connectivity index (χ2v) is 11.9. The number of benzene rings is 2. The molecule has 0 saturated carbocycles. The number of methoxy groups -OCH3 is 1. The summed E-state index contributed by atoms with van der Waals surface area (Å²) in [5.74, 6) is -3.90. The zero-order valence-corrected chi connectivity index (χ0v) is 21.6. The van der Waals surface area contributed by atoms with Crippen LogP contribution in [0, 0.1) is 5.92 Å². The van der Waals surface area contributed by atoms with Crippen LogP contribution in [0.15, 0.2) is 60.7 Å². The van der Waals surface area contributed by atoms with Gasteiger partial charge in [0.05, 0.1) is 18.8 Å². The van der Waals surface area contributed by atoms with E-state index in [4.69, 9.17) is 4.74 Å². The van der Waals surface area contributed by atoms with Crippen LogP contribution in [-0.2, 0) is 46.7 Å². The van der Waals surface area contributed by atoms with Crippen molar-refractivity contribution >= 4 is 27.7 Å². The van der Waals surface area contributed by atoms with E-state index >= 15 is 0 Å². The molecule has 190 valence electrons. The Labute approximate surface area is 206 Å². The molecule has 2 aromatic carbocycles. The van der Waals surface area contributed by atoms with Gasteiger partial charge in [0.2, 0.25) is 5.91 Å². The summed E-state index contributed by atoms with van der Waals surface area (Å²) in [6.45, 7) is 5.33. The average Bonchev–Trinajstić information content (AvgIpc) is 2.82. The summed E-state index contributed by atoms with van der Waals surface area (Å²) in [7, 11) is -3.00. The molecule has 2 aromatic rings. The maximum atomic E-state index is 13.4. The predicted molar refractivity (Wildman–Crippen MR) is 132 cm³/mol. The molecular weight excluding hydrogens is 470 g/mol. The van der Waals surface area contributed by atoms with E-state index in [1.54, 1.807) is 36.4 Å². The average molecular weight is 504 g/mol. The Hall–Kier alpha value is -3.20. The van der Waals surface area contributed by atoms with Crippen molar-refractivity contribution in [2.75, 3.05) is 12.9 Å². The van der Waals surface area contributed by atoms with Crippen LogP contribution in [0.3, 0.4) is 0 Å². The number of amides is 1. The Morgan fingerprint density at radius 3 is 1.91 bits per heavy atom. The molecule has 0 spiro atoms. The fourth-order valence-electron chi connectivity index (χ4n) is 3.31. The Balaban J connectivity index is 2.25. The van der Waals surface area contributed by atoms with Crippen LogP contribution >= 0.6 is 0 Å². The smallest absolute Gasteiger partial charge is 0.330 e. The quantitative estimate of drug-likeness (QED) is 0.469. The summed E-state index contributed by atoms with van der Waals surface area (Å²) < 4.78 is 35.0. The molecule has 9 heteroatoms. The highest BCUT2D eigenvalue weighted by molar-refractivity contribution is 7.93. The third kappa shape index (κ3) is 7.39. The molecule has 0 fully saturated rings. The maximum Gasteiger partial charge on any atom is 0.330 e. The first-order chi connectivity index (χ1) is 16.3. The summed E-state index contributed by atoms with van der Waals surface area (Å²) in [6.07, 6.45) is 0.124. The van der Waals surface area contributed by atoms with Crippen LogP contribution < -0.4 is 5.32 Å². The topological polar surface area (TPSA) is 116 Å². The fourth-order valence-corrected chi connectivity index (χ4v) is 4.84. The Morgan fingerprint density at radius 2 is 1.40 bits per heavy atom. The van der Waals surface area contributed by atoms with Gasteiger partial charge < -0.3 is 14.8 Å². The minimum atomic E-state index is -4.18. The van der Waals surface area contributed by atoms with Crippen LogP contribution in [-0.4, -0.2) is 49.4 Å². The lowest BCUT2D eigenvalue weighted by Crippen LogP contribution is -2.58. The molecule has 0 saturated heterocycles. The summed E-state index contributed by atoms with van der Waals surface area (Å²) in [4.78, 5) is 37.9. The summed E-state index contributed by atoms with van der Waals surface area (Å²) in [6, 6.07) is 18.0. The number of sulfone groups is 1. The first-order valence-electron chi connectivity index (χ1n) is 11.2. The van der Waals surface area contributed by atoms with Crippen molar-refractivity contribution in [3.05, 3.63) is 71.8 Å². The zero-order chi connectivity index (χ0) is 26.3. The van der Waals surface area contributed by atoms with E-state index in [0.29, 0.717) is 0 Å². The highest BCUT2D eigenvalue weighted by Gasteiger charge is 2.46. The van der Waals surface area contributed by atoms with E-state index in [0.717, 1.165) is 11.1 Å². The van der Waals surface area contributed by atoms with Gasteiger partial charge in [-0.15, -0.1) is 0 Å². The van der Waals surface area contributed by atoms with Crippen LogP contribution in [0.4, 0.5) is 0 Å². The van der Waals surface area contributed by atoms with Crippen molar-refractivity contribution in [3.63, 3.8) is 0 Å². The van der Waals surface area contributed by atoms with Crippen LogP contribution in [0.5, 0.6) is 0 Å². The Morgan fingerprint density at radius 1 is 0.886 bits per heavy atom. The number of carbonyl (C=O) groups excluding carboxylic acids is 3. The SMILES string of the molecule is COC(=O)C(C)(C)NC(=O)C(C)(C)S(=O)(=O)CC(Cc1ccccc1)C(=O)OCc1ccccc1. The minimum absolute atomic E-state index is 0.00219. The number of carbonyl (C=O) groups is 3. The van der Waals surface area contributed by atoms with Crippen molar-refractivity contribution in [1.82, 2.24) is 5.32 Å². The molecule has 1 amide bonds. The lowest BCUT2D eigenvalue weighted by atomic mass is 10.0. The molecular formula is C26H33NO7S. The highest BCUT2D eigenvalue weighted by Crippen LogP contribution is 2.24. The highest BCUT2D eigenvalue weighted by atomic mass is 32.2. The second-order valence-electron chi connectivity index (χ2n) is 9.34. The van der Waals surface area contributed by atoms with E-state index in [-0.39, 0.29) is 13.0 Å². The van der Waals surface area contributed by atoms with Crippen molar-refractivity contribution in [3.8, 4) is 0 Å². The van der Waals surface area contributed by atoms with Crippen molar-refractivity contribution in [2.45, 2.75) is 51.0 Å². The van der Waals surface area contributed by atoms with Gasteiger partial charge in [-0.2, -0.15) is 0 Å². The van der Waals surface area contributed by atoms with Gasteiger partial charge in [0, 0.05) is 0 Å². The van der Waals surface area contributed by atoms with Gasteiger partial charge >= 0.3 is 11.9 Å². The fraction of sp³-hybridized carbons (Fsp3) is 0.423. The lowest BCUT2D eigenvalue weighted by Gasteiger charge is -2.30. The molecule has 0 aromatic heterocycles. The minimum Gasteiger partial charge on any atom is -0.467 e. The van der Waals surface area contributed by atoms with E-state index in [9.17, 15) is 22.8 Å². The summed E-state index contributed by atoms with van der Waals surface area (Å²) in [5, 5.41) is 2.44. The van der Waals surface area contributed by atoms with Gasteiger partial charge in [0.1, 0.15) is 16.9 Å². The number of rotatable bonds is 11. The van der Waals surface area contributed by atoms with Crippen LogP contribution in [0.2, 0.25) is 0 Å². The molecule has 0 aliphatic rings. The van der Waals surface area contributed by atoms with Crippen molar-refractivity contribution < 1.29 is 32.3 Å². The molecule has 1 unspecified atom stereocenters. The molecule has 0 bridgehead atoms. The lowest BCUT2D eigenvalue weighted by molar-refractivity contribution is -0.149. The molecule has 8 nitrogen and oxygen atoms in total. The van der Waals surface area contributed by atoms with Crippen LogP contribution in [0.1, 0.15) is 38.8 Å². The number of hydrogen-bond acceptors (Lipinski definition) is 7. The number of nitrogens with one attached hydrogen (secondary N) is 1. The number of hydrogen-bond donors (Lipinski definition) is 1. The molecule has 1 atom stereocenters. The predicted octanol–water partition coefficient (Wildman–Crippen LogP) is 2.85. The molecule has 1 N–H and O–H groups in total. The first-order valence-corrected chi connectivity index (χ1v) is 12.8. The first kappa shape index (κ1) is 28.0. The third-order valence-corrected chi connectivity index (χ3v) is 8.33. The second kappa shape index (κ2) is 11.5. The van der Waals surface area contributed by atoms with E-state index < -0.39 is 49.6 Å². The van der Waals surface area contributed by atoms with Crippen molar-refractivity contribution in [2.24, 2.45) is 5.92 Å². The molecule has 35 heavy (non-hydrogen) atoms. The largest absolute Gasteiger partial charge is 0.467 e. The van der Waals surface area contributed by atoms with Gasteiger partial charge in [-0.1, -0.05) is 60.7 Å². The normalized spacial score (nSPS) is 12.9. The zero-order valence-electron chi connectivity index (χ0n) is 20.7. The monoisotopic (exact) mass is 503 g/mol. The van der Waals surface area contributed by atoms with Gasteiger partial charge in [-0.05, 0) is 45.2 Å². The Bertz CT molecular complexity index is 1130. The molecule has 2 rings (SSSR count). The molecule has 0 heterocycles. The number of esters is 2. The van der Waals surface area contributed by atoms with Crippen molar-refractivity contribution in [1.29, 1.82) is 0 Å².